The van der Waals surface area contributed by atoms with Gasteiger partial charge in [-0.25, -0.2) is 0 Å². The summed E-state index contributed by atoms with van der Waals surface area (Å²) in [7, 11) is 0. The molecule has 0 N–H and O–H groups in total. The molecular formula is C11H19BrN2O2. The van der Waals surface area contributed by atoms with Crippen molar-refractivity contribution in [1.29, 1.82) is 0 Å². The molecule has 92 valence electrons. The minimum atomic E-state index is -0.349. The van der Waals surface area contributed by atoms with E-state index in [1.165, 1.54) is 0 Å². The highest BCUT2D eigenvalue weighted by atomic mass is 79.9. The molecule has 1 fully saturated rings. The summed E-state index contributed by atoms with van der Waals surface area (Å²) in [5.74, 6) is -0.254. The Labute approximate surface area is 105 Å². The van der Waals surface area contributed by atoms with Gasteiger partial charge in [-0.1, -0.05) is 29.3 Å². The molecule has 0 aromatic heterocycles. The van der Waals surface area contributed by atoms with E-state index in [0.29, 0.717) is 32.1 Å². The third kappa shape index (κ3) is 2.97. The maximum absolute atomic E-state index is 11.8. The van der Waals surface area contributed by atoms with Gasteiger partial charge in [-0.2, -0.15) is 0 Å². The molecule has 1 atom stereocenters. The molecule has 16 heavy (non-hydrogen) atoms. The van der Waals surface area contributed by atoms with Gasteiger partial charge < -0.3 is 9.80 Å². The lowest BCUT2D eigenvalue weighted by Gasteiger charge is -2.34. The van der Waals surface area contributed by atoms with E-state index in [2.05, 4.69) is 22.9 Å². The lowest BCUT2D eigenvalue weighted by atomic mass is 10.1. The molecule has 1 saturated heterocycles. The lowest BCUT2D eigenvalue weighted by Crippen LogP contribution is -2.55. The predicted molar refractivity (Wildman–Crippen MR) is 66.4 cm³/mol. The summed E-state index contributed by atoms with van der Waals surface area (Å²) >= 11 is 3.43. The van der Waals surface area contributed by atoms with E-state index < -0.39 is 0 Å². The zero-order chi connectivity index (χ0) is 12.1. The van der Waals surface area contributed by atoms with E-state index >= 15 is 0 Å². The summed E-state index contributed by atoms with van der Waals surface area (Å²) in [5.41, 5.74) is 0. The van der Waals surface area contributed by atoms with Gasteiger partial charge in [-0.05, 0) is 12.8 Å². The van der Waals surface area contributed by atoms with Crippen LogP contribution in [0.4, 0.5) is 0 Å². The Morgan fingerprint density at radius 1 is 1.19 bits per heavy atom. The average Bonchev–Trinajstić information content (AvgIpc) is 2.31. The number of piperazine rings is 1. The maximum atomic E-state index is 11.8. The van der Waals surface area contributed by atoms with Crippen LogP contribution < -0.4 is 0 Å². The number of likely N-dealkylation sites (N-methyl/N-ethyl adjacent to an activating group) is 1. The number of hydrogen-bond acceptors (Lipinski definition) is 2. The third-order valence-electron chi connectivity index (χ3n) is 3.05. The fourth-order valence-corrected chi connectivity index (χ4v) is 2.45. The first-order chi connectivity index (χ1) is 7.63. The number of carbonyl (C=O) groups is 2. The van der Waals surface area contributed by atoms with Crippen LogP contribution in [0, 0.1) is 5.92 Å². The molecule has 1 unspecified atom stereocenters. The Morgan fingerprint density at radius 2 is 1.75 bits per heavy atom. The van der Waals surface area contributed by atoms with E-state index in [9.17, 15) is 9.59 Å². The normalized spacial score (nSPS) is 19.2. The van der Waals surface area contributed by atoms with Gasteiger partial charge in [0.1, 0.15) is 0 Å². The molecule has 2 amide bonds. The first kappa shape index (κ1) is 13.5. The van der Waals surface area contributed by atoms with Crippen molar-refractivity contribution >= 4 is 27.7 Å². The number of alkyl halides is 1. The average molecular weight is 291 g/mol. The number of halogens is 1. The Kier molecular flexibility index (Phi) is 5.25. The van der Waals surface area contributed by atoms with Gasteiger partial charge >= 0.3 is 11.8 Å². The highest BCUT2D eigenvalue weighted by Gasteiger charge is 2.32. The Bertz CT molecular complexity index is 267. The van der Waals surface area contributed by atoms with Gasteiger partial charge in [0.15, 0.2) is 0 Å². The van der Waals surface area contributed by atoms with Crippen molar-refractivity contribution in [3.8, 4) is 0 Å². The fraction of sp³-hybridized carbons (Fsp3) is 0.818. The van der Waals surface area contributed by atoms with Crippen LogP contribution >= 0.6 is 15.9 Å². The predicted octanol–water partition coefficient (Wildman–Crippen LogP) is 1.10. The van der Waals surface area contributed by atoms with Crippen molar-refractivity contribution < 1.29 is 9.59 Å². The van der Waals surface area contributed by atoms with E-state index in [1.54, 1.807) is 9.80 Å². The standard InChI is InChI=1S/C11H19BrN2O2/c1-3-9(7-12)8-14-6-5-13(4-2)10(15)11(14)16/h9H,3-8H2,1-2H3. The highest BCUT2D eigenvalue weighted by molar-refractivity contribution is 9.09. The zero-order valence-corrected chi connectivity index (χ0v) is 11.5. The zero-order valence-electron chi connectivity index (χ0n) is 9.91. The molecule has 0 bridgehead atoms. The fourth-order valence-electron chi connectivity index (χ4n) is 1.79. The van der Waals surface area contributed by atoms with Crippen LogP contribution in [0.2, 0.25) is 0 Å². The largest absolute Gasteiger partial charge is 0.333 e. The second-order valence-corrected chi connectivity index (χ2v) is 4.71. The first-order valence-corrected chi connectivity index (χ1v) is 6.90. The van der Waals surface area contributed by atoms with Crippen molar-refractivity contribution in [3.63, 3.8) is 0 Å². The van der Waals surface area contributed by atoms with Gasteiger partial charge in [-0.15, -0.1) is 0 Å². The SMILES string of the molecule is CCC(CBr)CN1CCN(CC)C(=O)C1=O. The molecule has 0 aromatic rings. The highest BCUT2D eigenvalue weighted by Crippen LogP contribution is 2.12. The van der Waals surface area contributed by atoms with Crippen molar-refractivity contribution in [1.82, 2.24) is 9.80 Å². The van der Waals surface area contributed by atoms with Crippen molar-refractivity contribution in [3.05, 3.63) is 0 Å². The molecule has 0 aliphatic carbocycles. The monoisotopic (exact) mass is 290 g/mol. The first-order valence-electron chi connectivity index (χ1n) is 5.78. The number of carbonyl (C=O) groups excluding carboxylic acids is 2. The number of rotatable bonds is 5. The van der Waals surface area contributed by atoms with Crippen molar-refractivity contribution in [2.75, 3.05) is 31.5 Å². The molecule has 4 nitrogen and oxygen atoms in total. The Hall–Kier alpha value is -0.580. The van der Waals surface area contributed by atoms with Crippen LogP contribution in [0.25, 0.3) is 0 Å². The maximum Gasteiger partial charge on any atom is 0.312 e. The van der Waals surface area contributed by atoms with Crippen LogP contribution in [-0.4, -0.2) is 53.1 Å². The second kappa shape index (κ2) is 6.23. The van der Waals surface area contributed by atoms with E-state index in [4.69, 9.17) is 0 Å². The number of hydrogen-bond donors (Lipinski definition) is 0. The van der Waals surface area contributed by atoms with Crippen LogP contribution in [0.5, 0.6) is 0 Å². The van der Waals surface area contributed by atoms with Crippen LogP contribution in [0.15, 0.2) is 0 Å². The quantitative estimate of drug-likeness (QED) is 0.562. The summed E-state index contributed by atoms with van der Waals surface area (Å²) in [4.78, 5) is 26.7. The Morgan fingerprint density at radius 3 is 2.25 bits per heavy atom. The minimum absolute atomic E-state index is 0.340. The molecule has 1 aliphatic heterocycles. The summed E-state index contributed by atoms with van der Waals surface area (Å²) in [6.45, 7) is 6.63. The Balaban J connectivity index is 2.58. The van der Waals surface area contributed by atoms with Gasteiger partial charge in [0.25, 0.3) is 0 Å². The van der Waals surface area contributed by atoms with Gasteiger partial charge in [0.2, 0.25) is 0 Å². The van der Waals surface area contributed by atoms with E-state index in [1.807, 2.05) is 6.92 Å². The van der Waals surface area contributed by atoms with Crippen LogP contribution in [-0.2, 0) is 9.59 Å². The minimum Gasteiger partial charge on any atom is -0.333 e. The van der Waals surface area contributed by atoms with Gasteiger partial charge in [-0.3, -0.25) is 9.59 Å². The molecule has 1 rings (SSSR count). The smallest absolute Gasteiger partial charge is 0.312 e. The summed E-state index contributed by atoms with van der Waals surface area (Å²) in [6, 6.07) is 0. The van der Waals surface area contributed by atoms with Crippen LogP contribution in [0.1, 0.15) is 20.3 Å². The number of nitrogens with zero attached hydrogens (tertiary/aromatic N) is 2. The lowest BCUT2D eigenvalue weighted by molar-refractivity contribution is -0.156. The molecule has 0 radical (unpaired) electrons. The molecule has 5 heteroatoms. The third-order valence-corrected chi connectivity index (χ3v) is 3.97. The van der Waals surface area contributed by atoms with Crippen LogP contribution in [0.3, 0.4) is 0 Å². The summed E-state index contributed by atoms with van der Waals surface area (Å²) < 4.78 is 0. The molecule has 0 saturated carbocycles. The second-order valence-electron chi connectivity index (χ2n) is 4.06. The van der Waals surface area contributed by atoms with E-state index in [-0.39, 0.29) is 11.8 Å². The van der Waals surface area contributed by atoms with Gasteiger partial charge in [0.05, 0.1) is 0 Å². The van der Waals surface area contributed by atoms with Gasteiger partial charge in [0, 0.05) is 31.5 Å². The van der Waals surface area contributed by atoms with Crippen molar-refractivity contribution in [2.24, 2.45) is 5.92 Å². The topological polar surface area (TPSA) is 40.6 Å². The molecule has 1 aliphatic rings. The molecule has 0 spiro atoms. The molecular weight excluding hydrogens is 272 g/mol. The summed E-state index contributed by atoms with van der Waals surface area (Å²) in [5, 5.41) is 0.874. The number of amides is 2. The van der Waals surface area contributed by atoms with Crippen molar-refractivity contribution in [2.45, 2.75) is 20.3 Å². The molecule has 0 aromatic carbocycles. The van der Waals surface area contributed by atoms with E-state index in [0.717, 1.165) is 11.8 Å². The molecule has 1 heterocycles. The summed E-state index contributed by atoms with van der Waals surface area (Å²) in [6.07, 6.45) is 1.01.